The lowest BCUT2D eigenvalue weighted by Crippen LogP contribution is -2.41. The molecule has 0 unspecified atom stereocenters. The monoisotopic (exact) mass is 338 g/mol. The van der Waals surface area contributed by atoms with Crippen molar-refractivity contribution in [3.63, 3.8) is 0 Å². The number of allylic oxidation sites excluding steroid dienone is 2. The van der Waals surface area contributed by atoms with Crippen molar-refractivity contribution in [3.8, 4) is 18.2 Å². The van der Waals surface area contributed by atoms with Crippen LogP contribution in [0.2, 0.25) is 5.02 Å². The molecule has 1 aromatic rings. The zero-order valence-electron chi connectivity index (χ0n) is 12.4. The summed E-state index contributed by atoms with van der Waals surface area (Å²) in [6.07, 6.45) is -0.336. The number of nitriles is 3. The van der Waals surface area contributed by atoms with Gasteiger partial charge < -0.3 is 5.73 Å². The average molecular weight is 339 g/mol. The number of carbonyl (C=O) groups excluding carboxylic acids is 2. The Labute approximate surface area is 143 Å². The van der Waals surface area contributed by atoms with E-state index in [-0.39, 0.29) is 23.3 Å². The largest absolute Gasteiger partial charge is 0.400 e. The van der Waals surface area contributed by atoms with Crippen molar-refractivity contribution < 1.29 is 9.59 Å². The standard InChI is InChI=1S/C17H11ClN4O2/c18-13-3-1-11(2-4-13)14(24)6-17(10-21)15(22)12(7-23)5-16(17,8-19)9-20/h1-4,7H,5-6,22H2/t17-/m1/s1. The summed E-state index contributed by atoms with van der Waals surface area (Å²) in [6.45, 7) is 0. The SMILES string of the molecule is N#CC1(C#N)CC(C=O)=C(N)[C@]1(C#N)CC(=O)c1ccc(Cl)cc1. The molecule has 7 heteroatoms. The predicted octanol–water partition coefficient (Wildman–Crippen LogP) is 2.27. The highest BCUT2D eigenvalue weighted by Gasteiger charge is 2.61. The molecule has 0 saturated carbocycles. The molecule has 0 spiro atoms. The maximum absolute atomic E-state index is 12.6. The second-order valence-corrected chi connectivity index (χ2v) is 5.92. The maximum Gasteiger partial charge on any atom is 0.172 e. The van der Waals surface area contributed by atoms with Crippen LogP contribution in [-0.2, 0) is 4.79 Å². The molecule has 0 radical (unpaired) electrons. The number of carbonyl (C=O) groups is 2. The molecule has 1 aliphatic rings. The second kappa shape index (κ2) is 6.16. The first kappa shape index (κ1) is 17.2. The first-order valence-electron chi connectivity index (χ1n) is 6.86. The van der Waals surface area contributed by atoms with E-state index in [4.69, 9.17) is 17.3 Å². The number of hydrogen-bond donors (Lipinski definition) is 1. The van der Waals surface area contributed by atoms with E-state index in [0.717, 1.165) is 0 Å². The van der Waals surface area contributed by atoms with E-state index in [1.165, 1.54) is 24.3 Å². The molecule has 0 fully saturated rings. The smallest absolute Gasteiger partial charge is 0.172 e. The van der Waals surface area contributed by atoms with Gasteiger partial charge in [0.1, 0.15) is 11.7 Å². The van der Waals surface area contributed by atoms with Gasteiger partial charge in [0.25, 0.3) is 0 Å². The lowest BCUT2D eigenvalue weighted by atomic mass is 9.63. The van der Waals surface area contributed by atoms with E-state index in [9.17, 15) is 25.4 Å². The van der Waals surface area contributed by atoms with Crippen LogP contribution in [0.5, 0.6) is 0 Å². The zero-order chi connectivity index (χ0) is 18.0. The van der Waals surface area contributed by atoms with Crippen molar-refractivity contribution in [2.24, 2.45) is 16.6 Å². The van der Waals surface area contributed by atoms with Gasteiger partial charge in [-0.15, -0.1) is 0 Å². The summed E-state index contributed by atoms with van der Waals surface area (Å²) in [5.74, 6) is -0.474. The van der Waals surface area contributed by atoms with E-state index in [2.05, 4.69) is 0 Å². The van der Waals surface area contributed by atoms with Gasteiger partial charge in [-0.1, -0.05) is 11.6 Å². The third kappa shape index (κ3) is 2.33. The van der Waals surface area contributed by atoms with E-state index >= 15 is 0 Å². The van der Waals surface area contributed by atoms with Crippen LogP contribution in [0.3, 0.4) is 0 Å². The molecule has 1 atom stereocenters. The van der Waals surface area contributed by atoms with Crippen LogP contribution in [-0.4, -0.2) is 12.1 Å². The van der Waals surface area contributed by atoms with Gasteiger partial charge in [-0.05, 0) is 24.3 Å². The summed E-state index contributed by atoms with van der Waals surface area (Å²) in [5.41, 5.74) is 2.23. The minimum absolute atomic E-state index is 0.00329. The lowest BCUT2D eigenvalue weighted by Gasteiger charge is -2.31. The number of Topliss-reactive ketones (excluding diaryl/α,β-unsaturated/α-hetero) is 1. The fourth-order valence-corrected chi connectivity index (χ4v) is 2.98. The Morgan fingerprint density at radius 3 is 2.25 bits per heavy atom. The Hall–Kier alpha value is -3.14. The van der Waals surface area contributed by atoms with Crippen molar-refractivity contribution in [1.29, 1.82) is 15.8 Å². The highest BCUT2D eigenvalue weighted by atomic mass is 35.5. The van der Waals surface area contributed by atoms with E-state index in [1.807, 2.05) is 6.07 Å². The van der Waals surface area contributed by atoms with Gasteiger partial charge in [0.05, 0.1) is 18.2 Å². The van der Waals surface area contributed by atoms with Gasteiger partial charge in [-0.2, -0.15) is 15.8 Å². The molecule has 0 saturated heterocycles. The molecule has 0 amide bonds. The Morgan fingerprint density at radius 1 is 1.21 bits per heavy atom. The fourth-order valence-electron chi connectivity index (χ4n) is 2.86. The summed E-state index contributed by atoms with van der Waals surface area (Å²) in [5, 5.41) is 29.1. The lowest BCUT2D eigenvalue weighted by molar-refractivity contribution is -0.105. The molecule has 6 nitrogen and oxygen atoms in total. The van der Waals surface area contributed by atoms with E-state index < -0.39 is 23.0 Å². The zero-order valence-corrected chi connectivity index (χ0v) is 13.2. The number of halogens is 1. The van der Waals surface area contributed by atoms with Gasteiger partial charge in [0.15, 0.2) is 11.2 Å². The molecule has 1 aromatic carbocycles. The van der Waals surface area contributed by atoms with E-state index in [1.54, 1.807) is 12.1 Å². The molecule has 1 aliphatic carbocycles. The highest BCUT2D eigenvalue weighted by Crippen LogP contribution is 2.55. The Balaban J connectivity index is 2.55. The van der Waals surface area contributed by atoms with Crippen molar-refractivity contribution in [2.75, 3.05) is 0 Å². The maximum atomic E-state index is 12.6. The van der Waals surface area contributed by atoms with E-state index in [0.29, 0.717) is 11.3 Å². The molecule has 0 aromatic heterocycles. The summed E-state index contributed by atoms with van der Waals surface area (Å²) in [6, 6.07) is 11.4. The Bertz CT molecular complexity index is 854. The first-order valence-corrected chi connectivity index (χ1v) is 7.24. The summed E-state index contributed by atoms with van der Waals surface area (Å²) >= 11 is 5.78. The van der Waals surface area contributed by atoms with Gasteiger partial charge in [0.2, 0.25) is 0 Å². The van der Waals surface area contributed by atoms with Gasteiger partial charge in [-0.3, -0.25) is 9.59 Å². The number of aldehydes is 1. The summed E-state index contributed by atoms with van der Waals surface area (Å²) < 4.78 is 0. The summed E-state index contributed by atoms with van der Waals surface area (Å²) in [4.78, 5) is 23.7. The Kier molecular flexibility index (Phi) is 4.42. The molecule has 0 bridgehead atoms. The quantitative estimate of drug-likeness (QED) is 0.661. The van der Waals surface area contributed by atoms with Crippen LogP contribution in [0.15, 0.2) is 35.5 Å². The molecule has 0 aliphatic heterocycles. The number of nitrogens with two attached hydrogens (primary N) is 1. The third-order valence-electron chi connectivity index (χ3n) is 4.30. The molecular formula is C17H11ClN4O2. The third-order valence-corrected chi connectivity index (χ3v) is 4.55. The van der Waals surface area contributed by atoms with Gasteiger partial charge in [0, 0.05) is 34.7 Å². The van der Waals surface area contributed by atoms with Gasteiger partial charge in [-0.25, -0.2) is 0 Å². The summed E-state index contributed by atoms with van der Waals surface area (Å²) in [7, 11) is 0. The van der Waals surface area contributed by atoms with Crippen molar-refractivity contribution in [1.82, 2.24) is 0 Å². The minimum atomic E-state index is -1.88. The molecule has 2 rings (SSSR count). The van der Waals surface area contributed by atoms with Crippen LogP contribution in [0.1, 0.15) is 23.2 Å². The number of nitrogens with zero attached hydrogens (tertiary/aromatic N) is 3. The second-order valence-electron chi connectivity index (χ2n) is 5.49. The molecular weight excluding hydrogens is 328 g/mol. The highest BCUT2D eigenvalue weighted by molar-refractivity contribution is 6.30. The Morgan fingerprint density at radius 2 is 1.79 bits per heavy atom. The van der Waals surface area contributed by atoms with Crippen LogP contribution < -0.4 is 5.73 Å². The number of benzene rings is 1. The first-order chi connectivity index (χ1) is 11.4. The topological polar surface area (TPSA) is 132 Å². The van der Waals surface area contributed by atoms with Crippen LogP contribution >= 0.6 is 11.6 Å². The van der Waals surface area contributed by atoms with Crippen molar-refractivity contribution in [3.05, 3.63) is 46.1 Å². The molecule has 118 valence electrons. The van der Waals surface area contributed by atoms with Crippen molar-refractivity contribution >= 4 is 23.7 Å². The predicted molar refractivity (Wildman–Crippen MR) is 84.0 cm³/mol. The fraction of sp³-hybridized carbons (Fsp3) is 0.235. The molecule has 24 heavy (non-hydrogen) atoms. The average Bonchev–Trinajstić information content (AvgIpc) is 2.84. The molecule has 2 N–H and O–H groups in total. The van der Waals surface area contributed by atoms with Gasteiger partial charge >= 0.3 is 0 Å². The normalized spacial score (nSPS) is 21.4. The minimum Gasteiger partial charge on any atom is -0.400 e. The van der Waals surface area contributed by atoms with Crippen LogP contribution in [0, 0.1) is 44.8 Å². The number of rotatable bonds is 4. The van der Waals surface area contributed by atoms with Crippen LogP contribution in [0.25, 0.3) is 0 Å². The number of ketones is 1. The molecule has 0 heterocycles. The van der Waals surface area contributed by atoms with Crippen LogP contribution in [0.4, 0.5) is 0 Å². The number of hydrogen-bond acceptors (Lipinski definition) is 6. The van der Waals surface area contributed by atoms with Crippen molar-refractivity contribution in [2.45, 2.75) is 12.8 Å².